The van der Waals surface area contributed by atoms with Gasteiger partial charge in [-0.05, 0) is 6.07 Å². The minimum absolute atomic E-state index is 0.371. The molecule has 0 spiro atoms. The fraction of sp³-hybridized carbons (Fsp3) is 0. The monoisotopic (exact) mass is 232 g/mol. The van der Waals surface area contributed by atoms with E-state index in [0.717, 1.165) is 6.07 Å². The summed E-state index contributed by atoms with van der Waals surface area (Å²) in [5.74, 6) is -2.51. The van der Waals surface area contributed by atoms with Gasteiger partial charge in [0.2, 0.25) is 5.75 Å². The van der Waals surface area contributed by atoms with Crippen molar-refractivity contribution in [1.29, 1.82) is 0 Å². The van der Waals surface area contributed by atoms with Gasteiger partial charge in [-0.1, -0.05) is 11.6 Å². The third kappa shape index (κ3) is 1.77. The molecule has 0 bridgehead atoms. The molecule has 0 saturated carbocycles. The van der Waals surface area contributed by atoms with Crippen LogP contribution in [0.15, 0.2) is 6.07 Å². The van der Waals surface area contributed by atoms with Crippen LogP contribution in [0.25, 0.3) is 0 Å². The fourth-order valence-electron chi connectivity index (χ4n) is 1.05. The predicted octanol–water partition coefficient (Wildman–Crippen LogP) is 1.23. The second-order valence-electron chi connectivity index (χ2n) is 2.58. The van der Waals surface area contributed by atoms with Gasteiger partial charge in [0.1, 0.15) is 0 Å². The molecular weight excluding hydrogens is 228 g/mol. The Morgan fingerprint density at radius 3 is 2.53 bits per heavy atom. The van der Waals surface area contributed by atoms with Crippen molar-refractivity contribution in [2.24, 2.45) is 0 Å². The average molecular weight is 233 g/mol. The molecule has 1 aromatic rings. The summed E-state index contributed by atoms with van der Waals surface area (Å²) in [7, 11) is 0. The predicted molar refractivity (Wildman–Crippen MR) is 51.1 cm³/mol. The first-order valence-corrected chi connectivity index (χ1v) is 3.92. The van der Waals surface area contributed by atoms with Crippen molar-refractivity contribution in [2.45, 2.75) is 0 Å². The summed E-state index contributed by atoms with van der Waals surface area (Å²) in [5, 5.41) is 28.1. The van der Waals surface area contributed by atoms with Crippen LogP contribution in [-0.2, 0) is 0 Å². The molecule has 80 valence electrons. The average Bonchev–Trinajstić information content (AvgIpc) is 2.09. The van der Waals surface area contributed by atoms with Crippen LogP contribution in [0.3, 0.4) is 0 Å². The SMILES string of the molecule is Nc1cc(Cl)c(O)c([N+](=O)[O-])c1C(=O)O. The summed E-state index contributed by atoms with van der Waals surface area (Å²) in [6.07, 6.45) is 0. The van der Waals surface area contributed by atoms with E-state index in [0.29, 0.717) is 0 Å². The van der Waals surface area contributed by atoms with Crippen LogP contribution < -0.4 is 5.73 Å². The Labute approximate surface area is 87.8 Å². The number of phenols is 1. The Morgan fingerprint density at radius 1 is 1.60 bits per heavy atom. The Hall–Kier alpha value is -2.02. The highest BCUT2D eigenvalue weighted by Crippen LogP contribution is 2.39. The van der Waals surface area contributed by atoms with Crippen molar-refractivity contribution in [2.75, 3.05) is 5.73 Å². The molecule has 0 amide bonds. The number of nitrogen functional groups attached to an aromatic ring is 1. The van der Waals surface area contributed by atoms with E-state index in [1.165, 1.54) is 0 Å². The number of nitro benzene ring substituents is 1. The van der Waals surface area contributed by atoms with Gasteiger partial charge in [0.15, 0.2) is 5.56 Å². The number of aromatic hydroxyl groups is 1. The summed E-state index contributed by atoms with van der Waals surface area (Å²) in [5.41, 5.74) is 3.09. The van der Waals surface area contributed by atoms with E-state index in [4.69, 9.17) is 22.4 Å². The fourth-order valence-corrected chi connectivity index (χ4v) is 1.25. The summed E-state index contributed by atoms with van der Waals surface area (Å²) in [6, 6.07) is 0.938. The highest BCUT2D eigenvalue weighted by molar-refractivity contribution is 6.33. The number of aromatic carboxylic acids is 1. The molecule has 0 atom stereocenters. The van der Waals surface area contributed by atoms with Crippen LogP contribution in [0, 0.1) is 10.1 Å². The van der Waals surface area contributed by atoms with E-state index in [9.17, 15) is 20.0 Å². The lowest BCUT2D eigenvalue weighted by atomic mass is 10.1. The summed E-state index contributed by atoms with van der Waals surface area (Å²) in [6.45, 7) is 0. The van der Waals surface area contributed by atoms with Crippen molar-refractivity contribution >= 4 is 28.9 Å². The van der Waals surface area contributed by atoms with Crippen LogP contribution in [0.1, 0.15) is 10.4 Å². The van der Waals surface area contributed by atoms with Crippen molar-refractivity contribution in [3.05, 3.63) is 26.8 Å². The third-order valence-electron chi connectivity index (χ3n) is 1.65. The summed E-state index contributed by atoms with van der Waals surface area (Å²) >= 11 is 5.41. The van der Waals surface area contributed by atoms with Gasteiger partial charge in [0.05, 0.1) is 15.6 Å². The van der Waals surface area contributed by atoms with Crippen LogP contribution in [0.4, 0.5) is 11.4 Å². The minimum atomic E-state index is -1.61. The molecule has 0 aliphatic carbocycles. The molecule has 15 heavy (non-hydrogen) atoms. The lowest BCUT2D eigenvalue weighted by Gasteiger charge is -2.05. The lowest BCUT2D eigenvalue weighted by molar-refractivity contribution is -0.386. The van der Waals surface area contributed by atoms with E-state index in [-0.39, 0.29) is 10.7 Å². The highest BCUT2D eigenvalue weighted by atomic mass is 35.5. The number of hydrogen-bond donors (Lipinski definition) is 3. The number of rotatable bonds is 2. The first kappa shape index (κ1) is 11.1. The molecule has 1 aromatic carbocycles. The van der Waals surface area contributed by atoms with E-state index in [1.54, 1.807) is 0 Å². The van der Waals surface area contributed by atoms with Crippen LogP contribution in [0.2, 0.25) is 5.02 Å². The zero-order chi connectivity index (χ0) is 11.7. The van der Waals surface area contributed by atoms with Gasteiger partial charge in [0, 0.05) is 0 Å². The standard InChI is InChI=1S/C7H5ClN2O5/c8-2-1-3(9)4(7(12)13)5(6(2)11)10(14)15/h1,11H,9H2,(H,12,13). The largest absolute Gasteiger partial charge is 0.501 e. The Morgan fingerprint density at radius 2 is 2.13 bits per heavy atom. The molecule has 4 N–H and O–H groups in total. The number of anilines is 1. The Kier molecular flexibility index (Phi) is 2.67. The number of carboxylic acid groups (broad SMARTS) is 1. The van der Waals surface area contributed by atoms with Gasteiger partial charge < -0.3 is 15.9 Å². The van der Waals surface area contributed by atoms with Gasteiger partial charge in [-0.3, -0.25) is 10.1 Å². The Balaban J connectivity index is 3.69. The van der Waals surface area contributed by atoms with Crippen molar-refractivity contribution < 1.29 is 19.9 Å². The highest BCUT2D eigenvalue weighted by Gasteiger charge is 2.29. The molecule has 0 unspecified atom stereocenters. The molecule has 0 aliphatic heterocycles. The maximum Gasteiger partial charge on any atom is 0.345 e. The van der Waals surface area contributed by atoms with E-state index < -0.39 is 27.9 Å². The molecule has 0 radical (unpaired) electrons. The molecule has 1 rings (SSSR count). The summed E-state index contributed by atoms with van der Waals surface area (Å²) < 4.78 is 0. The number of phenolic OH excluding ortho intramolecular Hbond substituents is 1. The number of nitrogens with two attached hydrogens (primary N) is 1. The van der Waals surface area contributed by atoms with E-state index in [2.05, 4.69) is 0 Å². The number of halogens is 1. The summed E-state index contributed by atoms with van der Waals surface area (Å²) in [4.78, 5) is 20.1. The van der Waals surface area contributed by atoms with Crippen molar-refractivity contribution in [1.82, 2.24) is 0 Å². The molecule has 0 saturated heterocycles. The Bertz CT molecular complexity index is 459. The number of carboxylic acids is 1. The molecule has 8 heteroatoms. The van der Waals surface area contributed by atoms with E-state index in [1.807, 2.05) is 0 Å². The molecule has 0 aliphatic rings. The van der Waals surface area contributed by atoms with Gasteiger partial charge in [0.25, 0.3) is 0 Å². The van der Waals surface area contributed by atoms with Crippen molar-refractivity contribution in [3.63, 3.8) is 0 Å². The van der Waals surface area contributed by atoms with Gasteiger partial charge in [-0.15, -0.1) is 0 Å². The second-order valence-corrected chi connectivity index (χ2v) is 2.99. The zero-order valence-corrected chi connectivity index (χ0v) is 7.85. The number of nitrogens with zero attached hydrogens (tertiary/aromatic N) is 1. The van der Waals surface area contributed by atoms with Crippen molar-refractivity contribution in [3.8, 4) is 5.75 Å². The molecule has 0 aromatic heterocycles. The quantitative estimate of drug-likeness (QED) is 0.305. The normalized spacial score (nSPS) is 9.93. The van der Waals surface area contributed by atoms with Crippen LogP contribution in [-0.4, -0.2) is 21.1 Å². The second kappa shape index (κ2) is 3.62. The number of carbonyl (C=O) groups is 1. The first-order chi connectivity index (χ1) is 6.86. The smallest absolute Gasteiger partial charge is 0.345 e. The first-order valence-electron chi connectivity index (χ1n) is 3.55. The molecule has 0 heterocycles. The topological polar surface area (TPSA) is 127 Å². The molecule has 7 nitrogen and oxygen atoms in total. The van der Waals surface area contributed by atoms with Crippen LogP contribution >= 0.6 is 11.6 Å². The zero-order valence-electron chi connectivity index (χ0n) is 7.10. The lowest BCUT2D eigenvalue weighted by Crippen LogP contribution is -2.07. The third-order valence-corrected chi connectivity index (χ3v) is 1.94. The number of hydrogen-bond acceptors (Lipinski definition) is 5. The van der Waals surface area contributed by atoms with Gasteiger partial charge in [-0.25, -0.2) is 4.79 Å². The van der Waals surface area contributed by atoms with Crippen LogP contribution in [0.5, 0.6) is 5.75 Å². The van der Waals surface area contributed by atoms with E-state index >= 15 is 0 Å². The molecule has 0 fully saturated rings. The number of benzene rings is 1. The maximum absolute atomic E-state index is 10.7. The number of nitro groups is 1. The van der Waals surface area contributed by atoms with Gasteiger partial charge >= 0.3 is 11.7 Å². The minimum Gasteiger partial charge on any atom is -0.501 e. The maximum atomic E-state index is 10.7. The van der Waals surface area contributed by atoms with Gasteiger partial charge in [-0.2, -0.15) is 0 Å². The molecular formula is C7H5ClN2O5.